The molecule has 2 amide bonds. The number of hydrogen-bond acceptors (Lipinski definition) is 5. The van der Waals surface area contributed by atoms with Crippen LogP contribution < -0.4 is 5.01 Å². The smallest absolute Gasteiger partial charge is 0.270 e. The summed E-state index contributed by atoms with van der Waals surface area (Å²) in [4.78, 5) is 26.3. The molecule has 8 nitrogen and oxygen atoms in total. The quantitative estimate of drug-likeness (QED) is 0.659. The van der Waals surface area contributed by atoms with Crippen LogP contribution in [-0.2, 0) is 19.6 Å². The number of aryl methyl sites for hydroxylation is 2. The first-order valence-electron chi connectivity index (χ1n) is 10.8. The largest absolute Gasteiger partial charge is 0.335 e. The number of nitrogens with zero attached hydrogens (tertiary/aromatic N) is 4. The average Bonchev–Trinajstić information content (AvgIpc) is 2.82. The maximum absolute atomic E-state index is 14.0. The summed E-state index contributed by atoms with van der Waals surface area (Å²) >= 11 is 0. The maximum Gasteiger partial charge on any atom is 0.270 e. The molecule has 0 unspecified atom stereocenters. The van der Waals surface area contributed by atoms with Crippen molar-refractivity contribution in [3.8, 4) is 0 Å². The molecule has 0 spiro atoms. The molecule has 1 saturated heterocycles. The van der Waals surface area contributed by atoms with E-state index in [0.29, 0.717) is 11.8 Å². The molecule has 0 aromatic heterocycles. The van der Waals surface area contributed by atoms with Crippen LogP contribution in [0.2, 0.25) is 0 Å². The van der Waals surface area contributed by atoms with E-state index in [1.807, 2.05) is 32.0 Å². The molecule has 34 heavy (non-hydrogen) atoms. The Bertz CT molecular complexity index is 1290. The van der Waals surface area contributed by atoms with Crippen LogP contribution in [0.15, 0.2) is 46.4 Å². The van der Waals surface area contributed by atoms with Crippen LogP contribution in [0.25, 0.3) is 0 Å². The highest BCUT2D eigenvalue weighted by atomic mass is 32.2. The molecule has 2 aliphatic rings. The number of halogens is 2. The molecule has 1 fully saturated rings. The number of hydrazone groups is 1. The Balaban J connectivity index is 1.49. The van der Waals surface area contributed by atoms with Gasteiger partial charge in [0.25, 0.3) is 5.91 Å². The molecule has 4 rings (SSSR count). The SMILES string of the molecule is Cc1ccc(C)c(N2N=C(C(=O)N3CCN(S(=O)(=O)c4cc(F)ccc4F)CC3)CCC2=O)c1. The highest BCUT2D eigenvalue weighted by Crippen LogP contribution is 2.26. The lowest BCUT2D eigenvalue weighted by atomic mass is 10.1. The lowest BCUT2D eigenvalue weighted by molar-refractivity contribution is -0.125. The topological polar surface area (TPSA) is 90.4 Å². The van der Waals surface area contributed by atoms with Gasteiger partial charge < -0.3 is 4.90 Å². The van der Waals surface area contributed by atoms with E-state index < -0.39 is 26.6 Å². The standard InChI is InChI=1S/C23H24F2N4O4S/c1-15-3-4-16(2)20(13-15)29-22(30)8-7-19(26-29)23(31)27-9-11-28(12-10-27)34(32,33)21-14-17(24)5-6-18(21)25/h3-6,13-14H,7-12H2,1-2H3. The lowest BCUT2D eigenvalue weighted by Gasteiger charge is -2.35. The molecule has 2 heterocycles. The van der Waals surface area contributed by atoms with Crippen LogP contribution in [0.3, 0.4) is 0 Å². The number of piperazine rings is 1. The van der Waals surface area contributed by atoms with Crippen molar-refractivity contribution in [2.45, 2.75) is 31.6 Å². The molecule has 2 aromatic carbocycles. The summed E-state index contributed by atoms with van der Waals surface area (Å²) < 4.78 is 54.1. The van der Waals surface area contributed by atoms with Crippen molar-refractivity contribution in [1.82, 2.24) is 9.21 Å². The minimum atomic E-state index is -4.25. The predicted molar refractivity (Wildman–Crippen MR) is 122 cm³/mol. The Morgan fingerprint density at radius 3 is 2.38 bits per heavy atom. The minimum absolute atomic E-state index is 0.0609. The van der Waals surface area contributed by atoms with Crippen molar-refractivity contribution in [3.05, 3.63) is 59.2 Å². The van der Waals surface area contributed by atoms with Gasteiger partial charge in [-0.25, -0.2) is 22.2 Å². The van der Waals surface area contributed by atoms with Crippen molar-refractivity contribution in [2.24, 2.45) is 5.10 Å². The summed E-state index contributed by atoms with van der Waals surface area (Å²) in [6.45, 7) is 3.73. The fourth-order valence-electron chi connectivity index (χ4n) is 3.97. The number of anilines is 1. The van der Waals surface area contributed by atoms with E-state index >= 15 is 0 Å². The molecule has 0 N–H and O–H groups in total. The third kappa shape index (κ3) is 4.58. The van der Waals surface area contributed by atoms with Gasteiger partial charge in [0.2, 0.25) is 15.9 Å². The first-order chi connectivity index (χ1) is 16.1. The first-order valence-corrected chi connectivity index (χ1v) is 12.2. The zero-order valence-corrected chi connectivity index (χ0v) is 19.6. The Kier molecular flexibility index (Phi) is 6.50. The highest BCUT2D eigenvalue weighted by Gasteiger charge is 2.35. The highest BCUT2D eigenvalue weighted by molar-refractivity contribution is 7.89. The Labute approximate surface area is 196 Å². The number of sulfonamides is 1. The Hall–Kier alpha value is -3.18. The second-order valence-electron chi connectivity index (χ2n) is 8.31. The van der Waals surface area contributed by atoms with Gasteiger partial charge in [0, 0.05) is 39.0 Å². The Morgan fingerprint density at radius 1 is 0.971 bits per heavy atom. The van der Waals surface area contributed by atoms with Gasteiger partial charge in [0.05, 0.1) is 5.69 Å². The molecule has 0 aliphatic carbocycles. The van der Waals surface area contributed by atoms with Crippen LogP contribution in [-0.4, -0.2) is 61.3 Å². The van der Waals surface area contributed by atoms with Crippen LogP contribution in [0.5, 0.6) is 0 Å². The van der Waals surface area contributed by atoms with E-state index in [1.165, 1.54) is 9.91 Å². The van der Waals surface area contributed by atoms with E-state index in [0.717, 1.165) is 27.6 Å². The van der Waals surface area contributed by atoms with Crippen molar-refractivity contribution < 1.29 is 26.8 Å². The molecular formula is C23H24F2N4O4S. The van der Waals surface area contributed by atoms with Crippen LogP contribution in [0.1, 0.15) is 24.0 Å². The summed E-state index contributed by atoms with van der Waals surface area (Å²) in [5.41, 5.74) is 2.63. The van der Waals surface area contributed by atoms with Crippen molar-refractivity contribution in [3.63, 3.8) is 0 Å². The second-order valence-corrected chi connectivity index (χ2v) is 10.2. The van der Waals surface area contributed by atoms with Crippen molar-refractivity contribution >= 4 is 33.2 Å². The summed E-state index contributed by atoms with van der Waals surface area (Å²) in [6, 6.07) is 7.91. The number of benzene rings is 2. The van der Waals surface area contributed by atoms with Gasteiger partial charge in [-0.1, -0.05) is 12.1 Å². The van der Waals surface area contributed by atoms with Crippen molar-refractivity contribution in [2.75, 3.05) is 31.2 Å². The van der Waals surface area contributed by atoms with Gasteiger partial charge in [-0.3, -0.25) is 9.59 Å². The number of amides is 2. The van der Waals surface area contributed by atoms with Crippen LogP contribution >= 0.6 is 0 Å². The van der Waals surface area contributed by atoms with E-state index in [1.54, 1.807) is 0 Å². The summed E-state index contributed by atoms with van der Waals surface area (Å²) in [7, 11) is -4.25. The lowest BCUT2D eigenvalue weighted by Crippen LogP contribution is -2.52. The molecule has 2 aromatic rings. The Morgan fingerprint density at radius 2 is 1.68 bits per heavy atom. The zero-order valence-electron chi connectivity index (χ0n) is 18.8. The summed E-state index contributed by atoms with van der Waals surface area (Å²) in [6.07, 6.45) is 0.317. The molecular weight excluding hydrogens is 466 g/mol. The fourth-order valence-corrected chi connectivity index (χ4v) is 5.47. The third-order valence-electron chi connectivity index (χ3n) is 5.91. The monoisotopic (exact) mass is 490 g/mol. The van der Waals surface area contributed by atoms with E-state index in [2.05, 4.69) is 5.10 Å². The molecule has 180 valence electrons. The van der Waals surface area contributed by atoms with Gasteiger partial charge in [-0.15, -0.1) is 0 Å². The predicted octanol–water partition coefficient (Wildman–Crippen LogP) is 2.60. The molecule has 0 radical (unpaired) electrons. The van der Waals surface area contributed by atoms with Crippen LogP contribution in [0.4, 0.5) is 14.5 Å². The number of carbonyl (C=O) groups is 2. The molecule has 11 heteroatoms. The normalized spacial score (nSPS) is 17.6. The van der Waals surface area contributed by atoms with Crippen molar-refractivity contribution in [1.29, 1.82) is 0 Å². The zero-order chi connectivity index (χ0) is 24.6. The molecule has 0 bridgehead atoms. The number of hydrogen-bond donors (Lipinski definition) is 0. The molecule has 0 atom stereocenters. The van der Waals surface area contributed by atoms with Gasteiger partial charge >= 0.3 is 0 Å². The number of rotatable bonds is 4. The number of carbonyl (C=O) groups excluding carboxylic acids is 2. The first kappa shape index (κ1) is 24.0. The minimum Gasteiger partial charge on any atom is -0.335 e. The van der Waals surface area contributed by atoms with Crippen LogP contribution in [0, 0.1) is 25.5 Å². The molecule has 0 saturated carbocycles. The second kappa shape index (κ2) is 9.22. The maximum atomic E-state index is 14.0. The average molecular weight is 491 g/mol. The van der Waals surface area contributed by atoms with E-state index in [4.69, 9.17) is 0 Å². The van der Waals surface area contributed by atoms with Gasteiger partial charge in [0.1, 0.15) is 22.2 Å². The fraction of sp³-hybridized carbons (Fsp3) is 0.348. The summed E-state index contributed by atoms with van der Waals surface area (Å²) in [5.74, 6) is -2.48. The third-order valence-corrected chi connectivity index (χ3v) is 7.82. The van der Waals surface area contributed by atoms with E-state index in [-0.39, 0.29) is 56.5 Å². The van der Waals surface area contributed by atoms with Gasteiger partial charge in [0.15, 0.2) is 0 Å². The summed E-state index contributed by atoms with van der Waals surface area (Å²) in [5, 5.41) is 5.59. The van der Waals surface area contributed by atoms with Gasteiger partial charge in [-0.05, 0) is 49.2 Å². The van der Waals surface area contributed by atoms with Gasteiger partial charge in [-0.2, -0.15) is 9.41 Å². The molecule has 2 aliphatic heterocycles. The van der Waals surface area contributed by atoms with E-state index in [9.17, 15) is 26.8 Å².